The molecule has 0 radical (unpaired) electrons. The molecule has 2 rings (SSSR count). The molecule has 4 heteroatoms. The van der Waals surface area contributed by atoms with Crippen LogP contribution >= 0.6 is 0 Å². The quantitative estimate of drug-likeness (QED) is 0.892. The number of carbonyl (C=O) groups excluding carboxylic acids is 1. The normalized spacial score (nSPS) is 15.9. The molecule has 1 aromatic heterocycles. The molecule has 1 heterocycles. The van der Waals surface area contributed by atoms with Gasteiger partial charge in [-0.2, -0.15) is 0 Å². The van der Waals surface area contributed by atoms with Gasteiger partial charge in [-0.1, -0.05) is 12.8 Å². The second kappa shape index (κ2) is 5.38. The van der Waals surface area contributed by atoms with Crippen LogP contribution in [0.5, 0.6) is 0 Å². The monoisotopic (exact) mass is 247 g/mol. The molecular weight excluding hydrogens is 226 g/mol. The van der Waals surface area contributed by atoms with Crippen LogP contribution in [0.4, 0.5) is 5.69 Å². The molecule has 0 saturated heterocycles. The van der Waals surface area contributed by atoms with E-state index >= 15 is 0 Å². The van der Waals surface area contributed by atoms with E-state index in [1.54, 1.807) is 12.3 Å². The van der Waals surface area contributed by atoms with Crippen molar-refractivity contribution in [1.82, 2.24) is 9.88 Å². The van der Waals surface area contributed by atoms with Gasteiger partial charge in [-0.3, -0.25) is 9.78 Å². The number of nitrogens with zero attached hydrogens (tertiary/aromatic N) is 2. The van der Waals surface area contributed by atoms with Gasteiger partial charge in [0, 0.05) is 12.6 Å². The molecule has 1 aromatic rings. The maximum absolute atomic E-state index is 12.6. The van der Waals surface area contributed by atoms with Crippen molar-refractivity contribution in [2.75, 3.05) is 12.3 Å². The summed E-state index contributed by atoms with van der Waals surface area (Å²) in [6.45, 7) is 4.64. The summed E-state index contributed by atoms with van der Waals surface area (Å²) in [5.41, 5.74) is 7.67. The molecule has 2 N–H and O–H groups in total. The largest absolute Gasteiger partial charge is 0.397 e. The van der Waals surface area contributed by atoms with Crippen molar-refractivity contribution in [3.63, 3.8) is 0 Å². The van der Waals surface area contributed by atoms with E-state index in [1.807, 2.05) is 18.7 Å². The highest BCUT2D eigenvalue weighted by Gasteiger charge is 2.27. The van der Waals surface area contributed by atoms with Gasteiger partial charge in [0.05, 0.1) is 23.1 Å². The van der Waals surface area contributed by atoms with Gasteiger partial charge in [0.25, 0.3) is 5.91 Å². The number of pyridine rings is 1. The fourth-order valence-electron chi connectivity index (χ4n) is 2.70. The molecule has 98 valence electrons. The number of aromatic nitrogens is 1. The van der Waals surface area contributed by atoms with E-state index in [0.717, 1.165) is 25.1 Å². The van der Waals surface area contributed by atoms with E-state index in [2.05, 4.69) is 4.98 Å². The van der Waals surface area contributed by atoms with Crippen LogP contribution in [0, 0.1) is 6.92 Å². The van der Waals surface area contributed by atoms with E-state index in [-0.39, 0.29) is 5.91 Å². The Bertz CT molecular complexity index is 439. The SMILES string of the molecule is CCN(C(=O)c1cc(N)cnc1C)C1CCCC1. The standard InChI is InChI=1S/C14H21N3O/c1-3-17(12-6-4-5-7-12)14(18)13-8-11(15)9-16-10(13)2/h8-9,12H,3-7,15H2,1-2H3. The summed E-state index contributed by atoms with van der Waals surface area (Å²) in [5, 5.41) is 0. The molecule has 0 unspecified atom stereocenters. The van der Waals surface area contributed by atoms with Crippen LogP contribution in [0.3, 0.4) is 0 Å². The van der Waals surface area contributed by atoms with E-state index in [0.29, 0.717) is 17.3 Å². The lowest BCUT2D eigenvalue weighted by molar-refractivity contribution is 0.0692. The second-order valence-corrected chi connectivity index (χ2v) is 4.93. The zero-order valence-electron chi connectivity index (χ0n) is 11.1. The highest BCUT2D eigenvalue weighted by atomic mass is 16.2. The molecule has 1 fully saturated rings. The molecule has 1 amide bonds. The number of hydrogen-bond donors (Lipinski definition) is 1. The van der Waals surface area contributed by atoms with Gasteiger partial charge in [0.2, 0.25) is 0 Å². The Balaban J connectivity index is 2.25. The van der Waals surface area contributed by atoms with Crippen LogP contribution in [-0.2, 0) is 0 Å². The Hall–Kier alpha value is -1.58. The number of aryl methyl sites for hydroxylation is 1. The molecule has 0 aliphatic heterocycles. The van der Waals surface area contributed by atoms with Crippen LogP contribution < -0.4 is 5.73 Å². The van der Waals surface area contributed by atoms with Crippen LogP contribution in [0.1, 0.15) is 48.7 Å². The second-order valence-electron chi connectivity index (χ2n) is 4.93. The molecule has 1 saturated carbocycles. The Morgan fingerprint density at radius 2 is 2.17 bits per heavy atom. The number of rotatable bonds is 3. The van der Waals surface area contributed by atoms with Crippen molar-refractivity contribution in [3.05, 3.63) is 23.5 Å². The Morgan fingerprint density at radius 1 is 1.50 bits per heavy atom. The Kier molecular flexibility index (Phi) is 3.84. The number of amides is 1. The van der Waals surface area contributed by atoms with Gasteiger partial charge in [-0.05, 0) is 32.8 Å². The number of nitrogen functional groups attached to an aromatic ring is 1. The van der Waals surface area contributed by atoms with Crippen LogP contribution in [0.25, 0.3) is 0 Å². The number of anilines is 1. The highest BCUT2D eigenvalue weighted by molar-refractivity contribution is 5.96. The molecule has 1 aliphatic rings. The lowest BCUT2D eigenvalue weighted by atomic mass is 10.1. The summed E-state index contributed by atoms with van der Waals surface area (Å²) in [4.78, 5) is 18.7. The first-order chi connectivity index (χ1) is 8.63. The van der Waals surface area contributed by atoms with Crippen molar-refractivity contribution in [2.24, 2.45) is 0 Å². The fourth-order valence-corrected chi connectivity index (χ4v) is 2.70. The summed E-state index contributed by atoms with van der Waals surface area (Å²) in [6, 6.07) is 2.13. The summed E-state index contributed by atoms with van der Waals surface area (Å²) in [6.07, 6.45) is 6.28. The minimum atomic E-state index is 0.0710. The summed E-state index contributed by atoms with van der Waals surface area (Å²) in [5.74, 6) is 0.0710. The minimum absolute atomic E-state index is 0.0710. The van der Waals surface area contributed by atoms with E-state index < -0.39 is 0 Å². The lowest BCUT2D eigenvalue weighted by Crippen LogP contribution is -2.39. The molecule has 0 spiro atoms. The van der Waals surface area contributed by atoms with Crippen molar-refractivity contribution < 1.29 is 4.79 Å². The molecule has 18 heavy (non-hydrogen) atoms. The average molecular weight is 247 g/mol. The average Bonchev–Trinajstić information content (AvgIpc) is 2.87. The van der Waals surface area contributed by atoms with E-state index in [4.69, 9.17) is 5.73 Å². The van der Waals surface area contributed by atoms with E-state index in [1.165, 1.54) is 12.8 Å². The Morgan fingerprint density at radius 3 is 2.78 bits per heavy atom. The van der Waals surface area contributed by atoms with Crippen molar-refractivity contribution in [2.45, 2.75) is 45.6 Å². The third kappa shape index (κ3) is 2.47. The fraction of sp³-hybridized carbons (Fsp3) is 0.571. The Labute approximate surface area is 108 Å². The van der Waals surface area contributed by atoms with Crippen molar-refractivity contribution >= 4 is 11.6 Å². The lowest BCUT2D eigenvalue weighted by Gasteiger charge is -2.28. The number of nitrogens with two attached hydrogens (primary N) is 1. The predicted octanol–water partition coefficient (Wildman–Crippen LogP) is 2.38. The number of carbonyl (C=O) groups is 1. The van der Waals surface area contributed by atoms with Crippen LogP contribution in [0.15, 0.2) is 12.3 Å². The molecule has 0 aromatic carbocycles. The third-order valence-electron chi connectivity index (χ3n) is 3.71. The summed E-state index contributed by atoms with van der Waals surface area (Å²) >= 11 is 0. The summed E-state index contributed by atoms with van der Waals surface area (Å²) in [7, 11) is 0. The van der Waals surface area contributed by atoms with Gasteiger partial charge < -0.3 is 10.6 Å². The van der Waals surface area contributed by atoms with Gasteiger partial charge in [-0.15, -0.1) is 0 Å². The zero-order valence-corrected chi connectivity index (χ0v) is 11.1. The highest BCUT2D eigenvalue weighted by Crippen LogP contribution is 2.25. The molecule has 0 atom stereocenters. The minimum Gasteiger partial charge on any atom is -0.397 e. The molecular formula is C14H21N3O. The maximum Gasteiger partial charge on any atom is 0.256 e. The zero-order chi connectivity index (χ0) is 13.1. The van der Waals surface area contributed by atoms with Gasteiger partial charge in [0.1, 0.15) is 0 Å². The van der Waals surface area contributed by atoms with Gasteiger partial charge in [-0.25, -0.2) is 0 Å². The van der Waals surface area contributed by atoms with Crippen molar-refractivity contribution in [1.29, 1.82) is 0 Å². The first-order valence-electron chi connectivity index (χ1n) is 6.66. The van der Waals surface area contributed by atoms with Crippen LogP contribution in [0.2, 0.25) is 0 Å². The van der Waals surface area contributed by atoms with E-state index in [9.17, 15) is 4.79 Å². The topological polar surface area (TPSA) is 59.2 Å². The van der Waals surface area contributed by atoms with Gasteiger partial charge >= 0.3 is 0 Å². The first-order valence-corrected chi connectivity index (χ1v) is 6.66. The smallest absolute Gasteiger partial charge is 0.256 e. The predicted molar refractivity (Wildman–Crippen MR) is 72.4 cm³/mol. The van der Waals surface area contributed by atoms with Crippen LogP contribution in [-0.4, -0.2) is 28.4 Å². The summed E-state index contributed by atoms with van der Waals surface area (Å²) < 4.78 is 0. The molecule has 0 bridgehead atoms. The molecule has 4 nitrogen and oxygen atoms in total. The van der Waals surface area contributed by atoms with Crippen molar-refractivity contribution in [3.8, 4) is 0 Å². The molecule has 1 aliphatic carbocycles. The number of hydrogen-bond acceptors (Lipinski definition) is 3. The van der Waals surface area contributed by atoms with Gasteiger partial charge in [0.15, 0.2) is 0 Å². The third-order valence-corrected chi connectivity index (χ3v) is 3.71. The first kappa shape index (κ1) is 12.9. The maximum atomic E-state index is 12.6.